The van der Waals surface area contributed by atoms with Crippen LogP contribution in [0.5, 0.6) is 0 Å². The minimum Gasteiger partial charge on any atom is -0.362 e. The molecule has 0 saturated heterocycles. The van der Waals surface area contributed by atoms with Crippen molar-refractivity contribution in [2.45, 2.75) is 60.9 Å². The minimum absolute atomic E-state index is 0.175. The van der Waals surface area contributed by atoms with Crippen molar-refractivity contribution in [3.8, 4) is 0 Å². The second-order valence-corrected chi connectivity index (χ2v) is 9.81. The van der Waals surface area contributed by atoms with Crippen molar-refractivity contribution in [3.63, 3.8) is 0 Å². The number of imidazole rings is 1. The Hall–Kier alpha value is -2.32. The lowest BCUT2D eigenvalue weighted by molar-refractivity contribution is 0.00885. The topological polar surface area (TPSA) is 97.8 Å². The molecule has 0 spiro atoms. The van der Waals surface area contributed by atoms with Crippen molar-refractivity contribution in [3.05, 3.63) is 48.0 Å². The lowest BCUT2D eigenvalue weighted by atomic mass is 10.1. The molecule has 28 heavy (non-hydrogen) atoms. The first-order valence-electron chi connectivity index (χ1n) is 9.77. The van der Waals surface area contributed by atoms with Gasteiger partial charge >= 0.3 is 0 Å². The van der Waals surface area contributed by atoms with E-state index in [9.17, 15) is 8.42 Å². The summed E-state index contributed by atoms with van der Waals surface area (Å²) in [6, 6.07) is 7.05. The predicted molar refractivity (Wildman–Crippen MR) is 104 cm³/mol. The minimum atomic E-state index is -3.20. The molecule has 0 radical (unpaired) electrons. The Kier molecular flexibility index (Phi) is 4.40. The normalized spacial score (nSPS) is 19.3. The third kappa shape index (κ3) is 3.31. The molecule has 1 N–H and O–H groups in total. The molecule has 2 aliphatic carbocycles. The van der Waals surface area contributed by atoms with Gasteiger partial charge in [0.05, 0.1) is 16.2 Å². The maximum Gasteiger partial charge on any atom is 0.197 e. The van der Waals surface area contributed by atoms with Crippen molar-refractivity contribution < 1.29 is 13.2 Å². The van der Waals surface area contributed by atoms with Crippen LogP contribution in [-0.4, -0.2) is 39.7 Å². The fourth-order valence-corrected chi connectivity index (χ4v) is 5.47. The number of aromatic amines is 1. The summed E-state index contributed by atoms with van der Waals surface area (Å²) >= 11 is 0. The molecule has 0 aliphatic heterocycles. The number of ether oxygens (including phenoxy) is 1. The van der Waals surface area contributed by atoms with Crippen molar-refractivity contribution in [1.82, 2.24) is 19.9 Å². The number of hydrogen-bond acceptors (Lipinski definition) is 6. The van der Waals surface area contributed by atoms with Gasteiger partial charge < -0.3 is 9.72 Å². The molecule has 2 aromatic heterocycles. The fraction of sp³-hybridized carbons (Fsp3) is 0.450. The summed E-state index contributed by atoms with van der Waals surface area (Å²) in [5, 5.41) is -0.212. The van der Waals surface area contributed by atoms with E-state index in [1.54, 1.807) is 24.5 Å². The highest BCUT2D eigenvalue weighted by atomic mass is 32.2. The third-order valence-corrected chi connectivity index (χ3v) is 7.78. The van der Waals surface area contributed by atoms with Gasteiger partial charge in [-0.25, -0.2) is 23.4 Å². The molecule has 2 fully saturated rings. The molecule has 7 nitrogen and oxygen atoms in total. The average Bonchev–Trinajstić information content (AvgIpc) is 3.30. The lowest BCUT2D eigenvalue weighted by Crippen LogP contribution is -2.16. The van der Waals surface area contributed by atoms with Crippen LogP contribution in [0, 0.1) is 0 Å². The van der Waals surface area contributed by atoms with Gasteiger partial charge in [-0.15, -0.1) is 0 Å². The van der Waals surface area contributed by atoms with E-state index in [0.29, 0.717) is 22.0 Å². The fourth-order valence-electron chi connectivity index (χ4n) is 3.81. The van der Waals surface area contributed by atoms with Crippen LogP contribution in [-0.2, 0) is 14.6 Å². The van der Waals surface area contributed by atoms with Gasteiger partial charge in [-0.05, 0) is 43.4 Å². The van der Waals surface area contributed by atoms with Gasteiger partial charge in [-0.2, -0.15) is 0 Å². The molecule has 1 atom stereocenters. The molecule has 146 valence electrons. The number of H-pyrrole nitrogens is 1. The Morgan fingerprint density at radius 2 is 1.71 bits per heavy atom. The van der Waals surface area contributed by atoms with Gasteiger partial charge in [0.2, 0.25) is 0 Å². The molecule has 2 saturated carbocycles. The Bertz CT molecular complexity index is 1050. The number of nitrogens with one attached hydrogen (secondary N) is 1. The first-order chi connectivity index (χ1) is 13.6. The number of rotatable bonds is 6. The summed E-state index contributed by atoms with van der Waals surface area (Å²) in [4.78, 5) is 16.7. The largest absolute Gasteiger partial charge is 0.362 e. The van der Waals surface area contributed by atoms with Gasteiger partial charge in [0.1, 0.15) is 11.9 Å². The number of sulfone groups is 1. The molecule has 2 heterocycles. The summed E-state index contributed by atoms with van der Waals surface area (Å²) in [5.41, 5.74) is 2.04. The summed E-state index contributed by atoms with van der Waals surface area (Å²) in [5.74, 6) is 0.644. The Morgan fingerprint density at radius 3 is 2.39 bits per heavy atom. The van der Waals surface area contributed by atoms with E-state index in [4.69, 9.17) is 4.74 Å². The molecule has 5 rings (SSSR count). The number of hydrogen-bond donors (Lipinski definition) is 1. The third-order valence-electron chi connectivity index (χ3n) is 5.51. The molecule has 3 aromatic rings. The van der Waals surface area contributed by atoms with Crippen molar-refractivity contribution in [2.75, 3.05) is 0 Å². The number of aromatic nitrogens is 4. The molecule has 0 bridgehead atoms. The molecule has 8 heteroatoms. The van der Waals surface area contributed by atoms with E-state index in [1.807, 2.05) is 12.1 Å². The van der Waals surface area contributed by atoms with E-state index in [1.165, 1.54) is 12.8 Å². The molecule has 2 aliphatic rings. The summed E-state index contributed by atoms with van der Waals surface area (Å²) < 4.78 is 31.4. The van der Waals surface area contributed by atoms with Gasteiger partial charge in [-0.1, -0.05) is 25.0 Å². The maximum absolute atomic E-state index is 12.5. The summed E-state index contributed by atoms with van der Waals surface area (Å²) in [7, 11) is -3.20. The quantitative estimate of drug-likeness (QED) is 0.684. The number of nitrogens with zero attached hydrogens (tertiary/aromatic N) is 3. The molecule has 0 amide bonds. The van der Waals surface area contributed by atoms with Crippen LogP contribution >= 0.6 is 0 Å². The second kappa shape index (κ2) is 6.93. The maximum atomic E-state index is 12.5. The predicted octanol–water partition coefficient (Wildman–Crippen LogP) is 3.34. The van der Waals surface area contributed by atoms with Gasteiger partial charge in [0.25, 0.3) is 0 Å². The Balaban J connectivity index is 1.50. The average molecular weight is 398 g/mol. The first-order valence-corrected chi connectivity index (χ1v) is 11.3. The zero-order valence-electron chi connectivity index (χ0n) is 15.4. The van der Waals surface area contributed by atoms with Crippen molar-refractivity contribution in [2.24, 2.45) is 0 Å². The lowest BCUT2D eigenvalue weighted by Gasteiger charge is -2.21. The zero-order chi connectivity index (χ0) is 19.1. The molecule has 1 aromatic carbocycles. The van der Waals surface area contributed by atoms with E-state index < -0.39 is 15.9 Å². The number of benzene rings is 1. The van der Waals surface area contributed by atoms with Crippen LogP contribution in [0.3, 0.4) is 0 Å². The van der Waals surface area contributed by atoms with Crippen LogP contribution in [0.25, 0.3) is 11.3 Å². The monoisotopic (exact) mass is 398 g/mol. The molecular formula is C20H22N4O3S. The van der Waals surface area contributed by atoms with Crippen LogP contribution in [0.2, 0.25) is 0 Å². The van der Waals surface area contributed by atoms with E-state index in [-0.39, 0.29) is 11.4 Å². The Morgan fingerprint density at radius 1 is 1.00 bits per heavy atom. The smallest absolute Gasteiger partial charge is 0.197 e. The summed E-state index contributed by atoms with van der Waals surface area (Å²) in [6.45, 7) is 0. The van der Waals surface area contributed by atoms with E-state index in [0.717, 1.165) is 31.2 Å². The van der Waals surface area contributed by atoms with E-state index in [2.05, 4.69) is 19.9 Å². The highest BCUT2D eigenvalue weighted by molar-refractivity contribution is 7.92. The van der Waals surface area contributed by atoms with E-state index >= 15 is 0 Å². The van der Waals surface area contributed by atoms with Gasteiger partial charge in [-0.3, -0.25) is 0 Å². The second-order valence-electron chi connectivity index (χ2n) is 7.59. The summed E-state index contributed by atoms with van der Waals surface area (Å²) in [6.07, 6.45) is 8.91. The zero-order valence-corrected chi connectivity index (χ0v) is 16.2. The number of fused-ring (bicyclic) bond motifs is 1. The standard InChI is InChI=1S/C20H22N4O3S/c25-28(26,16-9-10-16)15-7-5-13(6-8-15)17(27-14-3-1-2-4-14)18-23-19-20(24-18)22-12-11-21-19/h5-8,11-12,14,16-17H,1-4,9-10H2,(H,21,22,23,24). The van der Waals surface area contributed by atoms with Crippen LogP contribution in [0.1, 0.15) is 56.0 Å². The highest BCUT2D eigenvalue weighted by Gasteiger charge is 2.37. The van der Waals surface area contributed by atoms with Gasteiger partial charge in [0.15, 0.2) is 21.1 Å². The Labute approximate surface area is 163 Å². The first kappa shape index (κ1) is 17.8. The molecule has 1 unspecified atom stereocenters. The van der Waals surface area contributed by atoms with Crippen LogP contribution in [0.15, 0.2) is 41.6 Å². The van der Waals surface area contributed by atoms with Gasteiger partial charge in [0, 0.05) is 12.4 Å². The van der Waals surface area contributed by atoms with Crippen molar-refractivity contribution in [1.29, 1.82) is 0 Å². The SMILES string of the molecule is O=S(=O)(c1ccc(C(OC2CCCC2)c2nc3nccnc3[nH]2)cc1)C1CC1. The molecular weight excluding hydrogens is 376 g/mol. The highest BCUT2D eigenvalue weighted by Crippen LogP contribution is 2.35. The van der Waals surface area contributed by atoms with Crippen LogP contribution < -0.4 is 0 Å². The van der Waals surface area contributed by atoms with Crippen LogP contribution in [0.4, 0.5) is 0 Å². The van der Waals surface area contributed by atoms with Crippen molar-refractivity contribution >= 4 is 21.1 Å².